The molecule has 0 spiro atoms. The van der Waals surface area contributed by atoms with Gasteiger partial charge in [-0.25, -0.2) is 4.39 Å². The van der Waals surface area contributed by atoms with Crippen LogP contribution in [0.3, 0.4) is 0 Å². The fraction of sp³-hybridized carbons (Fsp3) is 0.267. The van der Waals surface area contributed by atoms with Crippen LogP contribution in [0.5, 0.6) is 0 Å². The number of furan rings is 1. The van der Waals surface area contributed by atoms with Crippen molar-refractivity contribution in [1.29, 1.82) is 0 Å². The van der Waals surface area contributed by atoms with Gasteiger partial charge in [0.2, 0.25) is 5.91 Å². The van der Waals surface area contributed by atoms with Gasteiger partial charge in [0, 0.05) is 19.4 Å². The lowest BCUT2D eigenvalue weighted by atomic mass is 10.1. The van der Waals surface area contributed by atoms with Crippen LogP contribution < -0.4 is 5.32 Å². The normalized spacial score (nSPS) is 10.5. The molecule has 5 heteroatoms. The number of benzene rings is 1. The van der Waals surface area contributed by atoms with E-state index in [0.29, 0.717) is 23.5 Å². The highest BCUT2D eigenvalue weighted by molar-refractivity contribution is 5.76. The van der Waals surface area contributed by atoms with Crippen LogP contribution in [-0.2, 0) is 11.2 Å². The summed E-state index contributed by atoms with van der Waals surface area (Å²) in [6.45, 7) is 0.168. The van der Waals surface area contributed by atoms with E-state index in [1.165, 1.54) is 6.07 Å². The molecule has 0 aliphatic heterocycles. The van der Waals surface area contributed by atoms with Crippen LogP contribution in [0, 0.1) is 5.82 Å². The van der Waals surface area contributed by atoms with E-state index in [4.69, 9.17) is 9.52 Å². The summed E-state index contributed by atoms with van der Waals surface area (Å²) in [5.41, 5.74) is 0.406. The maximum atomic E-state index is 13.6. The highest BCUT2D eigenvalue weighted by Crippen LogP contribution is 2.25. The van der Waals surface area contributed by atoms with Crippen LogP contribution in [0.15, 0.2) is 40.8 Å². The Labute approximate surface area is 116 Å². The number of aryl methyl sites for hydroxylation is 1. The Morgan fingerprint density at radius 1 is 1.25 bits per heavy atom. The van der Waals surface area contributed by atoms with Gasteiger partial charge in [0.1, 0.15) is 17.3 Å². The molecule has 4 nitrogen and oxygen atoms in total. The summed E-state index contributed by atoms with van der Waals surface area (Å²) in [6.07, 6.45) is 0.704. The third-order valence-electron chi connectivity index (χ3n) is 2.83. The van der Waals surface area contributed by atoms with Gasteiger partial charge in [-0.15, -0.1) is 0 Å². The first-order valence-electron chi connectivity index (χ1n) is 6.42. The topological polar surface area (TPSA) is 62.5 Å². The maximum absolute atomic E-state index is 13.6. The first-order valence-corrected chi connectivity index (χ1v) is 6.42. The van der Waals surface area contributed by atoms with Crippen molar-refractivity contribution in [2.24, 2.45) is 0 Å². The number of hydrogen-bond donors (Lipinski definition) is 2. The monoisotopic (exact) mass is 277 g/mol. The number of rotatable bonds is 6. The van der Waals surface area contributed by atoms with E-state index >= 15 is 0 Å². The molecule has 0 aliphatic carbocycles. The zero-order valence-corrected chi connectivity index (χ0v) is 10.9. The molecule has 1 heterocycles. The van der Waals surface area contributed by atoms with Crippen molar-refractivity contribution in [1.82, 2.24) is 5.32 Å². The molecule has 0 fully saturated rings. The second-order valence-electron chi connectivity index (χ2n) is 4.32. The van der Waals surface area contributed by atoms with Gasteiger partial charge in [0.05, 0.1) is 12.2 Å². The number of carbonyl (C=O) groups excluding carboxylic acids is 1. The third-order valence-corrected chi connectivity index (χ3v) is 2.83. The van der Waals surface area contributed by atoms with Crippen molar-refractivity contribution in [3.63, 3.8) is 0 Å². The highest BCUT2D eigenvalue weighted by atomic mass is 19.1. The molecule has 1 aromatic heterocycles. The number of carbonyl (C=O) groups is 1. The fourth-order valence-corrected chi connectivity index (χ4v) is 1.84. The van der Waals surface area contributed by atoms with Gasteiger partial charge in [0.15, 0.2) is 0 Å². The summed E-state index contributed by atoms with van der Waals surface area (Å²) >= 11 is 0. The fourth-order valence-electron chi connectivity index (χ4n) is 1.84. The minimum Gasteiger partial charge on any atom is -0.461 e. The van der Waals surface area contributed by atoms with Crippen molar-refractivity contribution >= 4 is 5.91 Å². The molecule has 0 saturated heterocycles. The smallest absolute Gasteiger partial charge is 0.220 e. The van der Waals surface area contributed by atoms with Crippen molar-refractivity contribution < 1.29 is 18.7 Å². The van der Waals surface area contributed by atoms with Gasteiger partial charge >= 0.3 is 0 Å². The standard InChI is InChI=1S/C15H16FNO3/c16-13-4-2-1-3-12(13)14-7-5-11(20-14)6-8-15(19)17-9-10-18/h1-5,7,18H,6,8-10H2,(H,17,19). The summed E-state index contributed by atoms with van der Waals surface area (Å²) in [5, 5.41) is 11.1. The Kier molecular flexibility index (Phi) is 4.90. The molecule has 2 N–H and O–H groups in total. The molecule has 106 valence electrons. The van der Waals surface area contributed by atoms with Gasteiger partial charge < -0.3 is 14.8 Å². The van der Waals surface area contributed by atoms with Crippen molar-refractivity contribution in [3.05, 3.63) is 48.0 Å². The van der Waals surface area contributed by atoms with E-state index < -0.39 is 0 Å². The first-order chi connectivity index (χ1) is 9.70. The molecule has 2 aromatic rings. The van der Waals surface area contributed by atoms with Crippen LogP contribution in [0.4, 0.5) is 4.39 Å². The number of aliphatic hydroxyl groups is 1. The number of nitrogens with one attached hydrogen (secondary N) is 1. The summed E-state index contributed by atoms with van der Waals surface area (Å²) < 4.78 is 19.1. The van der Waals surface area contributed by atoms with E-state index in [1.807, 2.05) is 0 Å². The highest BCUT2D eigenvalue weighted by Gasteiger charge is 2.10. The largest absolute Gasteiger partial charge is 0.461 e. The van der Waals surface area contributed by atoms with Crippen LogP contribution in [-0.4, -0.2) is 24.2 Å². The lowest BCUT2D eigenvalue weighted by Gasteiger charge is -2.02. The van der Waals surface area contributed by atoms with Crippen LogP contribution in [0.1, 0.15) is 12.2 Å². The van der Waals surface area contributed by atoms with E-state index in [2.05, 4.69) is 5.32 Å². The van der Waals surface area contributed by atoms with E-state index in [-0.39, 0.29) is 31.3 Å². The molecule has 0 atom stereocenters. The predicted molar refractivity (Wildman–Crippen MR) is 72.5 cm³/mol. The molecule has 0 radical (unpaired) electrons. The van der Waals surface area contributed by atoms with Gasteiger partial charge in [-0.3, -0.25) is 4.79 Å². The maximum Gasteiger partial charge on any atom is 0.220 e. The second-order valence-corrected chi connectivity index (χ2v) is 4.32. The first kappa shape index (κ1) is 14.3. The Morgan fingerprint density at radius 3 is 2.80 bits per heavy atom. The Morgan fingerprint density at radius 2 is 2.05 bits per heavy atom. The summed E-state index contributed by atoms with van der Waals surface area (Å²) in [5.74, 6) is 0.591. The summed E-state index contributed by atoms with van der Waals surface area (Å²) in [4.78, 5) is 11.4. The average Bonchev–Trinajstić information content (AvgIpc) is 2.92. The number of aliphatic hydroxyl groups excluding tert-OH is 1. The van der Waals surface area contributed by atoms with Crippen molar-refractivity contribution in [3.8, 4) is 11.3 Å². The molecule has 0 aliphatic rings. The molecule has 1 amide bonds. The lowest BCUT2D eigenvalue weighted by molar-refractivity contribution is -0.121. The predicted octanol–water partition coefficient (Wildman–Crippen LogP) is 2.13. The van der Waals surface area contributed by atoms with Gasteiger partial charge in [0.25, 0.3) is 0 Å². The van der Waals surface area contributed by atoms with Crippen molar-refractivity contribution in [2.75, 3.05) is 13.2 Å². The Bertz CT molecular complexity index is 580. The van der Waals surface area contributed by atoms with Gasteiger partial charge in [-0.2, -0.15) is 0 Å². The molecule has 1 aromatic carbocycles. The summed E-state index contributed by atoms with van der Waals surface area (Å²) in [7, 11) is 0. The van der Waals surface area contributed by atoms with E-state index in [0.717, 1.165) is 0 Å². The zero-order chi connectivity index (χ0) is 14.4. The number of amides is 1. The minimum absolute atomic E-state index is 0.0794. The minimum atomic E-state index is -0.339. The average molecular weight is 277 g/mol. The third kappa shape index (κ3) is 3.68. The summed E-state index contributed by atoms with van der Waals surface area (Å²) in [6, 6.07) is 9.81. The van der Waals surface area contributed by atoms with Crippen LogP contribution >= 0.6 is 0 Å². The molecule has 0 bridgehead atoms. The number of hydrogen-bond acceptors (Lipinski definition) is 3. The van der Waals surface area contributed by atoms with Crippen molar-refractivity contribution in [2.45, 2.75) is 12.8 Å². The molecule has 2 rings (SSSR count). The second kappa shape index (κ2) is 6.86. The van der Waals surface area contributed by atoms with Gasteiger partial charge in [-0.1, -0.05) is 12.1 Å². The molecule has 0 unspecified atom stereocenters. The van der Waals surface area contributed by atoms with E-state index in [1.54, 1.807) is 30.3 Å². The Hall–Kier alpha value is -2.14. The van der Waals surface area contributed by atoms with Gasteiger partial charge in [-0.05, 0) is 24.3 Å². The molecule has 0 saturated carbocycles. The molecular weight excluding hydrogens is 261 g/mol. The molecular formula is C15H16FNO3. The SMILES string of the molecule is O=C(CCc1ccc(-c2ccccc2F)o1)NCCO. The quantitative estimate of drug-likeness (QED) is 0.850. The lowest BCUT2D eigenvalue weighted by Crippen LogP contribution is -2.26. The zero-order valence-electron chi connectivity index (χ0n) is 10.9. The number of halogens is 1. The molecule has 20 heavy (non-hydrogen) atoms. The van der Waals surface area contributed by atoms with E-state index in [9.17, 15) is 9.18 Å². The Balaban J connectivity index is 1.96. The van der Waals surface area contributed by atoms with Crippen LogP contribution in [0.2, 0.25) is 0 Å². The van der Waals surface area contributed by atoms with Crippen LogP contribution in [0.25, 0.3) is 11.3 Å².